The van der Waals surface area contributed by atoms with E-state index < -0.39 is 15.8 Å². The lowest BCUT2D eigenvalue weighted by Gasteiger charge is -2.60. The number of hydrogen-bond donors (Lipinski definition) is 1. The molecule has 198 valence electrons. The van der Waals surface area contributed by atoms with Crippen LogP contribution in [0.2, 0.25) is 0 Å². The number of amides is 1. The third-order valence-electron chi connectivity index (χ3n) is 10.2. The van der Waals surface area contributed by atoms with Gasteiger partial charge in [-0.15, -0.1) is 0 Å². The molecule has 0 saturated heterocycles. The predicted octanol–water partition coefficient (Wildman–Crippen LogP) is 4.74. The highest BCUT2D eigenvalue weighted by molar-refractivity contribution is 7.89. The van der Waals surface area contributed by atoms with Crippen LogP contribution in [0.15, 0.2) is 27.6 Å². The van der Waals surface area contributed by atoms with Crippen molar-refractivity contribution in [3.8, 4) is 0 Å². The molecular formula is C27H33FN4O4S. The van der Waals surface area contributed by atoms with Crippen LogP contribution in [0, 0.1) is 22.6 Å². The molecule has 37 heavy (non-hydrogen) atoms. The Bertz CT molecular complexity index is 1340. The molecule has 7 saturated carbocycles. The van der Waals surface area contributed by atoms with Crippen LogP contribution in [0.3, 0.4) is 0 Å². The minimum absolute atomic E-state index is 0.0624. The smallest absolute Gasteiger partial charge is 0.245 e. The van der Waals surface area contributed by atoms with Crippen LogP contribution in [0.5, 0.6) is 0 Å². The number of hydrogen-bond acceptors (Lipinski definition) is 6. The van der Waals surface area contributed by atoms with Crippen LogP contribution < -0.4 is 5.32 Å². The summed E-state index contributed by atoms with van der Waals surface area (Å²) in [5.41, 5.74) is -0.680. The Hall–Kier alpha value is -2.33. The zero-order chi connectivity index (χ0) is 25.6. The Balaban J connectivity index is 1.05. The van der Waals surface area contributed by atoms with E-state index in [1.807, 2.05) is 0 Å². The van der Waals surface area contributed by atoms with Gasteiger partial charge in [-0.1, -0.05) is 11.2 Å². The van der Waals surface area contributed by atoms with E-state index in [-0.39, 0.29) is 32.7 Å². The van der Waals surface area contributed by atoms with Crippen LogP contribution >= 0.6 is 0 Å². The molecule has 7 fully saturated rings. The lowest BCUT2D eigenvalue weighted by atomic mass is 9.44. The quantitative estimate of drug-likeness (QED) is 0.531. The second kappa shape index (κ2) is 7.85. The van der Waals surface area contributed by atoms with Gasteiger partial charge in [0.2, 0.25) is 21.8 Å². The molecule has 8 nitrogen and oxygen atoms in total. The summed E-state index contributed by atoms with van der Waals surface area (Å²) in [7, 11) is -2.54. The summed E-state index contributed by atoms with van der Waals surface area (Å²) in [6.45, 7) is 0.336. The molecule has 0 spiro atoms. The average molecular weight is 529 g/mol. The summed E-state index contributed by atoms with van der Waals surface area (Å²) in [5, 5.41) is 6.88. The Morgan fingerprint density at radius 3 is 2.41 bits per heavy atom. The number of fused-ring (bicyclic) bond motifs is 3. The SMILES string of the molecule is CN(CC12CCC(c3nc(C4CC4)no3)(CC1)CC2)S(=O)(=O)c1cccc(NC(=O)C23CC(C2)C3)c1F. The highest BCUT2D eigenvalue weighted by Crippen LogP contribution is 2.64. The Morgan fingerprint density at radius 1 is 1.14 bits per heavy atom. The minimum atomic E-state index is -4.08. The Labute approximate surface area is 216 Å². The van der Waals surface area contributed by atoms with E-state index in [0.29, 0.717) is 18.4 Å². The largest absolute Gasteiger partial charge is 0.339 e. The maximum Gasteiger partial charge on any atom is 0.245 e. The standard InChI is InChI=1S/C27H33FN4O4S/c1-32(16-25-7-10-26(11-8-25,12-9-25)24-30-22(31-36-24)18-5-6-18)37(34,35)20-4-2-3-19(21(20)28)29-23(33)27-13-17(14-27)15-27/h2-4,17-18H,5-16H2,1H3,(H,29,33). The van der Waals surface area contributed by atoms with E-state index in [9.17, 15) is 13.2 Å². The molecule has 1 aromatic carbocycles. The van der Waals surface area contributed by atoms with E-state index in [0.717, 1.165) is 82.3 Å². The summed E-state index contributed by atoms with van der Waals surface area (Å²) in [6.07, 6.45) is 10.1. The predicted molar refractivity (Wildman–Crippen MR) is 133 cm³/mol. The summed E-state index contributed by atoms with van der Waals surface area (Å²) in [4.78, 5) is 17.0. The molecule has 0 unspecified atom stereocenters. The minimum Gasteiger partial charge on any atom is -0.339 e. The van der Waals surface area contributed by atoms with Gasteiger partial charge in [-0.3, -0.25) is 4.79 Å². The van der Waals surface area contributed by atoms with Crippen molar-refractivity contribution in [3.05, 3.63) is 35.7 Å². The van der Waals surface area contributed by atoms with Crippen LogP contribution in [0.25, 0.3) is 0 Å². The first-order valence-electron chi connectivity index (χ1n) is 13.5. The van der Waals surface area contributed by atoms with E-state index in [2.05, 4.69) is 10.5 Å². The Morgan fingerprint density at radius 2 is 1.81 bits per heavy atom. The maximum absolute atomic E-state index is 15.4. The molecule has 0 aliphatic heterocycles. The number of sulfonamides is 1. The maximum atomic E-state index is 15.4. The second-order valence-corrected chi connectivity index (χ2v) is 14.6. The molecular weight excluding hydrogens is 495 g/mol. The third-order valence-corrected chi connectivity index (χ3v) is 12.0. The first-order valence-corrected chi connectivity index (χ1v) is 15.0. The molecule has 1 amide bonds. The molecule has 1 aromatic heterocycles. The van der Waals surface area contributed by atoms with Crippen molar-refractivity contribution in [2.45, 2.75) is 86.9 Å². The first-order chi connectivity index (χ1) is 17.6. The van der Waals surface area contributed by atoms with Gasteiger partial charge in [0, 0.05) is 24.9 Å². The zero-order valence-corrected chi connectivity index (χ0v) is 21.9. The number of carbonyl (C=O) groups excluding carboxylic acids is 1. The van der Waals surface area contributed by atoms with Gasteiger partial charge in [0.15, 0.2) is 11.6 Å². The number of aromatic nitrogens is 2. The molecule has 0 atom stereocenters. The fourth-order valence-electron chi connectivity index (χ4n) is 7.32. The van der Waals surface area contributed by atoms with Crippen LogP contribution in [0.4, 0.5) is 10.1 Å². The van der Waals surface area contributed by atoms with Crippen molar-refractivity contribution in [1.29, 1.82) is 0 Å². The highest BCUT2D eigenvalue weighted by atomic mass is 32.2. The number of anilines is 1. The number of carbonyl (C=O) groups is 1. The second-order valence-electron chi connectivity index (χ2n) is 12.6. The van der Waals surface area contributed by atoms with E-state index in [1.54, 1.807) is 0 Å². The fraction of sp³-hybridized carbons (Fsp3) is 0.667. The number of nitrogens with one attached hydrogen (secondary N) is 1. The normalized spacial score (nSPS) is 34.2. The monoisotopic (exact) mass is 528 g/mol. The molecule has 0 radical (unpaired) electrons. The Kier molecular flexibility index (Phi) is 5.04. The van der Waals surface area contributed by atoms with Gasteiger partial charge in [-0.2, -0.15) is 4.98 Å². The van der Waals surface area contributed by atoms with Gasteiger partial charge in [0.25, 0.3) is 0 Å². The molecule has 7 aliphatic carbocycles. The summed E-state index contributed by atoms with van der Waals surface area (Å²) < 4.78 is 49.4. The molecule has 2 aromatic rings. The van der Waals surface area contributed by atoms with Crippen LogP contribution in [0.1, 0.15) is 88.3 Å². The van der Waals surface area contributed by atoms with E-state index in [4.69, 9.17) is 9.51 Å². The topological polar surface area (TPSA) is 105 Å². The number of halogens is 1. The molecule has 10 heteroatoms. The molecule has 1 N–H and O–H groups in total. The van der Waals surface area contributed by atoms with Crippen molar-refractivity contribution in [3.63, 3.8) is 0 Å². The van der Waals surface area contributed by atoms with Gasteiger partial charge >= 0.3 is 0 Å². The van der Waals surface area contributed by atoms with Gasteiger partial charge in [-0.25, -0.2) is 17.1 Å². The highest BCUT2D eigenvalue weighted by Gasteiger charge is 2.61. The number of rotatable bonds is 8. The van der Waals surface area contributed by atoms with Crippen molar-refractivity contribution >= 4 is 21.6 Å². The first kappa shape index (κ1) is 23.8. The molecule has 9 rings (SSSR count). The van der Waals surface area contributed by atoms with E-state index >= 15 is 4.39 Å². The fourth-order valence-corrected chi connectivity index (χ4v) is 8.69. The van der Waals surface area contributed by atoms with Crippen molar-refractivity contribution in [2.75, 3.05) is 18.9 Å². The van der Waals surface area contributed by atoms with Gasteiger partial charge in [0.05, 0.1) is 11.1 Å². The lowest BCUT2D eigenvalue weighted by Crippen LogP contribution is -2.58. The summed E-state index contributed by atoms with van der Waals surface area (Å²) in [5.74, 6) is 1.57. The van der Waals surface area contributed by atoms with Gasteiger partial charge in [-0.05, 0) is 94.1 Å². The molecule has 1 heterocycles. The van der Waals surface area contributed by atoms with Crippen molar-refractivity contribution in [1.82, 2.24) is 14.4 Å². The van der Waals surface area contributed by atoms with Crippen LogP contribution in [-0.4, -0.2) is 42.4 Å². The third kappa shape index (κ3) is 3.61. The van der Waals surface area contributed by atoms with Gasteiger partial charge in [0.1, 0.15) is 4.90 Å². The number of nitrogens with zero attached hydrogens (tertiary/aromatic N) is 3. The summed E-state index contributed by atoms with van der Waals surface area (Å²) in [6, 6.07) is 4.22. The lowest BCUT2D eigenvalue weighted by molar-refractivity contribution is -0.158. The zero-order valence-electron chi connectivity index (χ0n) is 21.1. The van der Waals surface area contributed by atoms with Crippen molar-refractivity contribution < 1.29 is 22.1 Å². The van der Waals surface area contributed by atoms with Crippen molar-refractivity contribution in [2.24, 2.45) is 16.7 Å². The average Bonchev–Trinajstić information content (AvgIpc) is 3.55. The molecule has 7 aliphatic rings. The van der Waals surface area contributed by atoms with Crippen LogP contribution in [-0.2, 0) is 20.2 Å². The summed E-state index contributed by atoms with van der Waals surface area (Å²) >= 11 is 0. The number of benzene rings is 1. The molecule has 4 bridgehead atoms. The van der Waals surface area contributed by atoms with Gasteiger partial charge < -0.3 is 9.84 Å². The van der Waals surface area contributed by atoms with E-state index in [1.165, 1.54) is 29.6 Å².